The third-order valence-electron chi connectivity index (χ3n) is 4.96. The second-order valence-corrected chi connectivity index (χ2v) is 8.85. The van der Waals surface area contributed by atoms with Crippen molar-refractivity contribution < 1.29 is 8.42 Å². The van der Waals surface area contributed by atoms with Gasteiger partial charge in [0.05, 0.1) is 5.02 Å². The molecular formula is C15H19Cl2NO2S. The number of sulfonamides is 1. The number of fused-ring (bicyclic) bond motifs is 2. The summed E-state index contributed by atoms with van der Waals surface area (Å²) in [5.74, 6) is 1.90. The SMILES string of the molecule is CC(NS(=O)(=O)c1cc(Cl)ccc1Cl)C1CC2CCC1C2. The quantitative estimate of drug-likeness (QED) is 0.891. The summed E-state index contributed by atoms with van der Waals surface area (Å²) in [6.45, 7) is 1.96. The van der Waals surface area contributed by atoms with Gasteiger partial charge in [0.25, 0.3) is 0 Å². The van der Waals surface area contributed by atoms with Gasteiger partial charge in [0, 0.05) is 11.1 Å². The molecule has 2 bridgehead atoms. The minimum atomic E-state index is -3.63. The summed E-state index contributed by atoms with van der Waals surface area (Å²) in [7, 11) is -3.63. The van der Waals surface area contributed by atoms with Crippen molar-refractivity contribution in [3.8, 4) is 0 Å². The van der Waals surface area contributed by atoms with Crippen LogP contribution >= 0.6 is 23.2 Å². The van der Waals surface area contributed by atoms with E-state index in [0.29, 0.717) is 16.9 Å². The zero-order chi connectivity index (χ0) is 15.2. The smallest absolute Gasteiger partial charge is 0.208 e. The lowest BCUT2D eigenvalue weighted by Gasteiger charge is -2.28. The van der Waals surface area contributed by atoms with Crippen molar-refractivity contribution in [3.05, 3.63) is 28.2 Å². The Balaban J connectivity index is 1.78. The molecule has 6 heteroatoms. The first kappa shape index (κ1) is 15.6. The fraction of sp³-hybridized carbons (Fsp3) is 0.600. The van der Waals surface area contributed by atoms with Gasteiger partial charge < -0.3 is 0 Å². The molecule has 0 heterocycles. The molecule has 1 aromatic rings. The Kier molecular flexibility index (Phi) is 4.25. The average molecular weight is 348 g/mol. The fourth-order valence-corrected chi connectivity index (χ4v) is 6.04. The van der Waals surface area contributed by atoms with E-state index in [2.05, 4.69) is 4.72 Å². The highest BCUT2D eigenvalue weighted by Gasteiger charge is 2.42. The lowest BCUT2D eigenvalue weighted by molar-refractivity contribution is 0.280. The summed E-state index contributed by atoms with van der Waals surface area (Å²) in [5, 5.41) is 0.569. The Bertz CT molecular complexity index is 647. The largest absolute Gasteiger partial charge is 0.242 e. The van der Waals surface area contributed by atoms with E-state index in [1.54, 1.807) is 6.07 Å². The number of hydrogen-bond donors (Lipinski definition) is 1. The van der Waals surface area contributed by atoms with Gasteiger partial charge in [0.1, 0.15) is 4.90 Å². The first-order valence-electron chi connectivity index (χ1n) is 7.34. The fourth-order valence-electron chi connectivity index (χ4n) is 3.99. The molecule has 2 aliphatic carbocycles. The zero-order valence-electron chi connectivity index (χ0n) is 11.9. The van der Waals surface area contributed by atoms with Gasteiger partial charge in [-0.25, -0.2) is 13.1 Å². The molecule has 2 fully saturated rings. The third kappa shape index (κ3) is 3.09. The molecule has 2 aliphatic rings. The van der Waals surface area contributed by atoms with Crippen molar-refractivity contribution in [1.29, 1.82) is 0 Å². The van der Waals surface area contributed by atoms with Crippen molar-refractivity contribution in [2.24, 2.45) is 17.8 Å². The van der Waals surface area contributed by atoms with Gasteiger partial charge in [-0.05, 0) is 62.1 Å². The van der Waals surface area contributed by atoms with E-state index in [-0.39, 0.29) is 16.0 Å². The lowest BCUT2D eigenvalue weighted by Crippen LogP contribution is -2.40. The monoisotopic (exact) mass is 347 g/mol. The van der Waals surface area contributed by atoms with Gasteiger partial charge in [-0.3, -0.25) is 0 Å². The predicted molar refractivity (Wildman–Crippen MR) is 85.2 cm³/mol. The molecular weight excluding hydrogens is 329 g/mol. The average Bonchev–Trinajstić information content (AvgIpc) is 3.03. The molecule has 3 rings (SSSR count). The summed E-state index contributed by atoms with van der Waals surface area (Å²) >= 11 is 11.9. The molecule has 1 N–H and O–H groups in total. The molecule has 3 nitrogen and oxygen atoms in total. The van der Waals surface area contributed by atoms with Crippen LogP contribution in [-0.2, 0) is 10.0 Å². The Morgan fingerprint density at radius 3 is 2.62 bits per heavy atom. The minimum Gasteiger partial charge on any atom is -0.208 e. The lowest BCUT2D eigenvalue weighted by atomic mass is 9.84. The van der Waals surface area contributed by atoms with Crippen molar-refractivity contribution >= 4 is 33.2 Å². The van der Waals surface area contributed by atoms with Crippen molar-refractivity contribution in [3.63, 3.8) is 0 Å². The van der Waals surface area contributed by atoms with Crippen LogP contribution in [0.1, 0.15) is 32.6 Å². The van der Waals surface area contributed by atoms with E-state index < -0.39 is 10.0 Å². The van der Waals surface area contributed by atoms with Crippen LogP contribution in [0, 0.1) is 17.8 Å². The van der Waals surface area contributed by atoms with Crippen LogP contribution in [0.25, 0.3) is 0 Å². The highest BCUT2D eigenvalue weighted by atomic mass is 35.5. The number of halogens is 2. The van der Waals surface area contributed by atoms with Gasteiger partial charge in [-0.1, -0.05) is 29.6 Å². The predicted octanol–water partition coefficient (Wildman–Crippen LogP) is 4.10. The Hall–Kier alpha value is -0.290. The number of rotatable bonds is 4. The molecule has 1 aromatic carbocycles. The maximum absolute atomic E-state index is 12.5. The van der Waals surface area contributed by atoms with Gasteiger partial charge in [-0.2, -0.15) is 0 Å². The highest BCUT2D eigenvalue weighted by molar-refractivity contribution is 7.89. The van der Waals surface area contributed by atoms with Crippen LogP contribution in [0.3, 0.4) is 0 Å². The van der Waals surface area contributed by atoms with Crippen LogP contribution < -0.4 is 4.72 Å². The van der Waals surface area contributed by atoms with E-state index >= 15 is 0 Å². The first-order valence-corrected chi connectivity index (χ1v) is 9.58. The van der Waals surface area contributed by atoms with E-state index in [1.165, 1.54) is 31.4 Å². The molecule has 116 valence electrons. The summed E-state index contributed by atoms with van der Waals surface area (Å²) < 4.78 is 27.8. The van der Waals surface area contributed by atoms with Crippen molar-refractivity contribution in [2.45, 2.75) is 43.5 Å². The van der Waals surface area contributed by atoms with Gasteiger partial charge in [-0.15, -0.1) is 0 Å². The first-order chi connectivity index (χ1) is 9.87. The standard InChI is InChI=1S/C15H19Cl2NO2S/c1-9(13-7-10-2-3-11(13)6-10)18-21(19,20)15-8-12(16)4-5-14(15)17/h4-5,8-11,13,18H,2-3,6-7H2,1H3. The Labute approximate surface area is 136 Å². The van der Waals surface area contributed by atoms with E-state index in [0.717, 1.165) is 12.3 Å². The molecule has 0 spiro atoms. The summed E-state index contributed by atoms with van der Waals surface area (Å²) in [4.78, 5) is 0.0617. The van der Waals surface area contributed by atoms with E-state index in [1.807, 2.05) is 6.92 Å². The van der Waals surface area contributed by atoms with Crippen LogP contribution in [-0.4, -0.2) is 14.5 Å². The maximum Gasteiger partial charge on any atom is 0.242 e. The Morgan fingerprint density at radius 2 is 2.00 bits per heavy atom. The number of benzene rings is 1. The highest BCUT2D eigenvalue weighted by Crippen LogP contribution is 2.49. The van der Waals surface area contributed by atoms with E-state index in [9.17, 15) is 8.42 Å². The summed E-state index contributed by atoms with van der Waals surface area (Å²) in [6, 6.07) is 4.43. The van der Waals surface area contributed by atoms with Crippen molar-refractivity contribution in [1.82, 2.24) is 4.72 Å². The normalized spacial score (nSPS) is 29.8. The second-order valence-electron chi connectivity index (χ2n) is 6.32. The minimum absolute atomic E-state index is 0.0617. The molecule has 0 amide bonds. The molecule has 0 aromatic heterocycles. The molecule has 0 saturated heterocycles. The number of hydrogen-bond acceptors (Lipinski definition) is 2. The third-order valence-corrected chi connectivity index (χ3v) is 7.23. The number of nitrogens with one attached hydrogen (secondary N) is 1. The zero-order valence-corrected chi connectivity index (χ0v) is 14.2. The van der Waals surface area contributed by atoms with Gasteiger partial charge in [0.2, 0.25) is 10.0 Å². The topological polar surface area (TPSA) is 46.2 Å². The summed E-state index contributed by atoms with van der Waals surface area (Å²) in [6.07, 6.45) is 4.94. The van der Waals surface area contributed by atoms with Crippen LogP contribution in [0.15, 0.2) is 23.1 Å². The van der Waals surface area contributed by atoms with Gasteiger partial charge in [0.15, 0.2) is 0 Å². The molecule has 21 heavy (non-hydrogen) atoms. The second kappa shape index (κ2) is 5.73. The van der Waals surface area contributed by atoms with Crippen molar-refractivity contribution in [2.75, 3.05) is 0 Å². The maximum atomic E-state index is 12.5. The van der Waals surface area contributed by atoms with Crippen LogP contribution in [0.5, 0.6) is 0 Å². The molecule has 0 radical (unpaired) electrons. The van der Waals surface area contributed by atoms with Crippen LogP contribution in [0.2, 0.25) is 10.0 Å². The Morgan fingerprint density at radius 1 is 1.24 bits per heavy atom. The molecule has 2 saturated carbocycles. The summed E-state index contributed by atoms with van der Waals surface area (Å²) in [5.41, 5.74) is 0. The van der Waals surface area contributed by atoms with E-state index in [4.69, 9.17) is 23.2 Å². The molecule has 4 unspecified atom stereocenters. The molecule has 0 aliphatic heterocycles. The molecule has 4 atom stereocenters. The van der Waals surface area contributed by atoms with Gasteiger partial charge >= 0.3 is 0 Å². The van der Waals surface area contributed by atoms with Crippen LogP contribution in [0.4, 0.5) is 0 Å².